The van der Waals surface area contributed by atoms with E-state index in [9.17, 15) is 0 Å². The van der Waals surface area contributed by atoms with Crippen molar-refractivity contribution in [3.63, 3.8) is 0 Å². The molecule has 1 N–H and O–H groups in total. The SMILES string of the molecule is Cc1cnc(NCCc2ncn(C)n2)c(Br)c1. The highest BCUT2D eigenvalue weighted by molar-refractivity contribution is 9.10. The topological polar surface area (TPSA) is 55.6 Å². The highest BCUT2D eigenvalue weighted by Crippen LogP contribution is 2.20. The Labute approximate surface area is 108 Å². The molecule has 5 nitrogen and oxygen atoms in total. The van der Waals surface area contributed by atoms with E-state index in [1.165, 1.54) is 0 Å². The molecule has 0 spiro atoms. The van der Waals surface area contributed by atoms with Gasteiger partial charge in [0.05, 0.1) is 4.47 Å². The number of nitrogens with zero attached hydrogens (tertiary/aromatic N) is 4. The predicted molar refractivity (Wildman–Crippen MR) is 69.9 cm³/mol. The van der Waals surface area contributed by atoms with Gasteiger partial charge in [0.1, 0.15) is 12.1 Å². The van der Waals surface area contributed by atoms with E-state index < -0.39 is 0 Å². The minimum absolute atomic E-state index is 0.763. The molecule has 90 valence electrons. The molecule has 0 aromatic carbocycles. The Morgan fingerprint density at radius 1 is 1.41 bits per heavy atom. The van der Waals surface area contributed by atoms with Crippen LogP contribution < -0.4 is 5.32 Å². The van der Waals surface area contributed by atoms with Crippen molar-refractivity contribution >= 4 is 21.7 Å². The Kier molecular flexibility index (Phi) is 3.73. The van der Waals surface area contributed by atoms with Crippen LogP contribution in [0.1, 0.15) is 11.4 Å². The lowest BCUT2D eigenvalue weighted by Gasteiger charge is -2.06. The van der Waals surface area contributed by atoms with Gasteiger partial charge in [-0.2, -0.15) is 5.10 Å². The number of rotatable bonds is 4. The zero-order valence-corrected chi connectivity index (χ0v) is 11.4. The van der Waals surface area contributed by atoms with E-state index >= 15 is 0 Å². The number of pyridine rings is 1. The van der Waals surface area contributed by atoms with E-state index in [2.05, 4.69) is 36.3 Å². The fourth-order valence-corrected chi connectivity index (χ4v) is 2.06. The van der Waals surface area contributed by atoms with Crippen molar-refractivity contribution < 1.29 is 0 Å². The molecule has 2 aromatic rings. The molecule has 0 radical (unpaired) electrons. The molecule has 0 unspecified atom stereocenters. The third-order valence-electron chi connectivity index (χ3n) is 2.27. The van der Waals surface area contributed by atoms with Crippen LogP contribution in [0.15, 0.2) is 23.1 Å². The normalized spacial score (nSPS) is 10.5. The lowest BCUT2D eigenvalue weighted by atomic mass is 10.3. The van der Waals surface area contributed by atoms with E-state index in [1.54, 1.807) is 11.0 Å². The molecule has 0 aliphatic heterocycles. The van der Waals surface area contributed by atoms with Crippen LogP contribution in [0.25, 0.3) is 0 Å². The molecule has 0 saturated heterocycles. The summed E-state index contributed by atoms with van der Waals surface area (Å²) in [5, 5.41) is 7.46. The van der Waals surface area contributed by atoms with Crippen molar-refractivity contribution in [2.24, 2.45) is 7.05 Å². The van der Waals surface area contributed by atoms with Crippen LogP contribution in [0.2, 0.25) is 0 Å². The van der Waals surface area contributed by atoms with Crippen molar-refractivity contribution in [3.05, 3.63) is 34.5 Å². The van der Waals surface area contributed by atoms with Crippen molar-refractivity contribution in [1.29, 1.82) is 0 Å². The second-order valence-corrected chi connectivity index (χ2v) is 4.71. The molecule has 0 atom stereocenters. The van der Waals surface area contributed by atoms with Gasteiger partial charge in [0.15, 0.2) is 5.82 Å². The average Bonchev–Trinajstić information content (AvgIpc) is 2.68. The van der Waals surface area contributed by atoms with Crippen molar-refractivity contribution in [1.82, 2.24) is 19.7 Å². The second-order valence-electron chi connectivity index (χ2n) is 3.85. The van der Waals surface area contributed by atoms with Crippen LogP contribution in [-0.4, -0.2) is 26.3 Å². The summed E-state index contributed by atoms with van der Waals surface area (Å²) in [6, 6.07) is 2.04. The number of nitrogens with one attached hydrogen (secondary N) is 1. The van der Waals surface area contributed by atoms with Gasteiger partial charge in [-0.25, -0.2) is 9.97 Å². The maximum Gasteiger partial charge on any atom is 0.152 e. The maximum atomic E-state index is 4.31. The monoisotopic (exact) mass is 295 g/mol. The molecule has 0 aliphatic rings. The summed E-state index contributed by atoms with van der Waals surface area (Å²) in [5.41, 5.74) is 1.13. The second kappa shape index (κ2) is 5.27. The number of hydrogen-bond acceptors (Lipinski definition) is 4. The summed E-state index contributed by atoms with van der Waals surface area (Å²) in [6.45, 7) is 2.78. The van der Waals surface area contributed by atoms with Gasteiger partial charge in [0.25, 0.3) is 0 Å². The Morgan fingerprint density at radius 3 is 2.88 bits per heavy atom. The van der Waals surface area contributed by atoms with Gasteiger partial charge in [-0.15, -0.1) is 0 Å². The van der Waals surface area contributed by atoms with Crippen LogP contribution in [-0.2, 0) is 13.5 Å². The fraction of sp³-hybridized carbons (Fsp3) is 0.364. The van der Waals surface area contributed by atoms with E-state index in [0.717, 1.165) is 34.6 Å². The number of anilines is 1. The lowest BCUT2D eigenvalue weighted by Crippen LogP contribution is -2.08. The van der Waals surface area contributed by atoms with E-state index in [1.807, 2.05) is 26.2 Å². The van der Waals surface area contributed by atoms with Crippen LogP contribution in [0.5, 0.6) is 0 Å². The van der Waals surface area contributed by atoms with Crippen LogP contribution in [0.3, 0.4) is 0 Å². The first-order valence-electron chi connectivity index (χ1n) is 5.35. The largest absolute Gasteiger partial charge is 0.369 e. The van der Waals surface area contributed by atoms with Gasteiger partial charge in [0.2, 0.25) is 0 Å². The summed E-state index contributed by atoms with van der Waals surface area (Å²) < 4.78 is 2.68. The minimum atomic E-state index is 0.763. The van der Waals surface area contributed by atoms with Gasteiger partial charge < -0.3 is 5.32 Å². The molecule has 0 aliphatic carbocycles. The standard InChI is InChI=1S/C11H14BrN5/c1-8-5-9(12)11(14-6-8)13-4-3-10-15-7-17(2)16-10/h5-7H,3-4H2,1-2H3,(H,13,14). The summed E-state index contributed by atoms with van der Waals surface area (Å²) in [7, 11) is 1.86. The molecule has 2 heterocycles. The van der Waals surface area contributed by atoms with E-state index in [4.69, 9.17) is 0 Å². The molecule has 17 heavy (non-hydrogen) atoms. The number of aromatic nitrogens is 4. The minimum Gasteiger partial charge on any atom is -0.369 e. The Balaban J connectivity index is 1.90. The molecular formula is C11H14BrN5. The number of hydrogen-bond donors (Lipinski definition) is 1. The quantitative estimate of drug-likeness (QED) is 0.936. The Hall–Kier alpha value is -1.43. The first-order valence-corrected chi connectivity index (χ1v) is 6.15. The molecule has 2 aromatic heterocycles. The summed E-state index contributed by atoms with van der Waals surface area (Å²) in [6.07, 6.45) is 4.32. The first kappa shape index (κ1) is 12.0. The predicted octanol–water partition coefficient (Wildman–Crippen LogP) is 1.94. The molecule has 2 rings (SSSR count). The van der Waals surface area contributed by atoms with Gasteiger partial charge in [-0.05, 0) is 34.5 Å². The van der Waals surface area contributed by atoms with Gasteiger partial charge in [-0.3, -0.25) is 4.68 Å². The van der Waals surface area contributed by atoms with E-state index in [0.29, 0.717) is 0 Å². The smallest absolute Gasteiger partial charge is 0.152 e. The zero-order valence-electron chi connectivity index (χ0n) is 9.81. The summed E-state index contributed by atoms with van der Waals surface area (Å²) in [4.78, 5) is 8.47. The fourth-order valence-electron chi connectivity index (χ4n) is 1.45. The molecule has 0 saturated carbocycles. The molecule has 0 bridgehead atoms. The lowest BCUT2D eigenvalue weighted by molar-refractivity contribution is 0.741. The highest BCUT2D eigenvalue weighted by Gasteiger charge is 2.02. The highest BCUT2D eigenvalue weighted by atomic mass is 79.9. The van der Waals surface area contributed by atoms with E-state index in [-0.39, 0.29) is 0 Å². The molecular weight excluding hydrogens is 282 g/mol. The van der Waals surface area contributed by atoms with Crippen LogP contribution in [0.4, 0.5) is 5.82 Å². The Bertz CT molecular complexity index is 508. The molecule has 6 heteroatoms. The van der Waals surface area contributed by atoms with Crippen molar-refractivity contribution in [2.75, 3.05) is 11.9 Å². The van der Waals surface area contributed by atoms with Crippen molar-refractivity contribution in [3.8, 4) is 0 Å². The Morgan fingerprint density at radius 2 is 2.24 bits per heavy atom. The van der Waals surface area contributed by atoms with Gasteiger partial charge in [0, 0.05) is 26.2 Å². The van der Waals surface area contributed by atoms with Gasteiger partial charge in [-0.1, -0.05) is 0 Å². The molecule has 0 fully saturated rings. The number of halogens is 1. The zero-order chi connectivity index (χ0) is 12.3. The average molecular weight is 296 g/mol. The third-order valence-corrected chi connectivity index (χ3v) is 2.87. The van der Waals surface area contributed by atoms with Crippen LogP contribution in [0, 0.1) is 6.92 Å². The summed E-state index contributed by atoms with van der Waals surface area (Å²) in [5.74, 6) is 1.69. The third kappa shape index (κ3) is 3.26. The number of aryl methyl sites for hydroxylation is 2. The van der Waals surface area contributed by atoms with Crippen LogP contribution >= 0.6 is 15.9 Å². The molecule has 0 amide bonds. The van der Waals surface area contributed by atoms with Crippen molar-refractivity contribution in [2.45, 2.75) is 13.3 Å². The maximum absolute atomic E-state index is 4.31. The first-order chi connectivity index (χ1) is 8.15. The summed E-state index contributed by atoms with van der Waals surface area (Å²) >= 11 is 3.48. The van der Waals surface area contributed by atoms with Gasteiger partial charge >= 0.3 is 0 Å².